The molecule has 1 N–H and O–H groups in total. The Balaban J connectivity index is 1.40. The number of carbonyl (C=O) groups is 1. The molecule has 0 aliphatic carbocycles. The molecule has 1 aromatic carbocycles. The number of likely N-dealkylation sites (tertiary alicyclic amines) is 1. The first-order chi connectivity index (χ1) is 12.6. The number of ether oxygens (including phenoxy) is 1. The third kappa shape index (κ3) is 3.86. The van der Waals surface area contributed by atoms with Crippen molar-refractivity contribution >= 4 is 5.91 Å². The molecule has 4 rings (SSSR count). The van der Waals surface area contributed by atoms with E-state index in [0.29, 0.717) is 5.92 Å². The van der Waals surface area contributed by atoms with Gasteiger partial charge in [-0.3, -0.25) is 4.79 Å². The Labute approximate surface area is 156 Å². The average Bonchev–Trinajstić information content (AvgIpc) is 3.15. The zero-order valence-corrected chi connectivity index (χ0v) is 15.8. The van der Waals surface area contributed by atoms with Crippen LogP contribution in [0.3, 0.4) is 0 Å². The summed E-state index contributed by atoms with van der Waals surface area (Å²) < 4.78 is 6.08. The van der Waals surface area contributed by atoms with E-state index in [1.807, 2.05) is 17.0 Å². The summed E-state index contributed by atoms with van der Waals surface area (Å²) in [5.74, 6) is 0.872. The van der Waals surface area contributed by atoms with Gasteiger partial charge in [-0.2, -0.15) is 0 Å². The van der Waals surface area contributed by atoms with Crippen LogP contribution in [-0.2, 0) is 11.2 Å². The number of nitrogens with one attached hydrogen (secondary N) is 1. The zero-order chi connectivity index (χ0) is 18.0. The first kappa shape index (κ1) is 17.7. The third-order valence-electron chi connectivity index (χ3n) is 6.15. The van der Waals surface area contributed by atoms with Crippen molar-refractivity contribution in [2.75, 3.05) is 32.8 Å². The van der Waals surface area contributed by atoms with Crippen LogP contribution in [0.1, 0.15) is 48.5 Å². The van der Waals surface area contributed by atoms with Crippen molar-refractivity contribution in [2.45, 2.75) is 44.6 Å². The standard InChI is InChI=1S/C22H30N2O2/c1-17-6-12-26-22(15-17)7-10-24(11-8-22)21(25)20-4-2-3-18(14-20)13-19-5-9-23-16-19/h2-4,14-15,19,23H,5-13,16H2,1H3. The van der Waals surface area contributed by atoms with Crippen molar-refractivity contribution in [1.29, 1.82) is 0 Å². The van der Waals surface area contributed by atoms with Gasteiger partial charge in [-0.25, -0.2) is 0 Å². The van der Waals surface area contributed by atoms with Crippen LogP contribution >= 0.6 is 0 Å². The molecule has 2 fully saturated rings. The third-order valence-corrected chi connectivity index (χ3v) is 6.15. The molecule has 2 saturated heterocycles. The quantitative estimate of drug-likeness (QED) is 0.848. The van der Waals surface area contributed by atoms with E-state index in [1.165, 1.54) is 17.6 Å². The highest BCUT2D eigenvalue weighted by Gasteiger charge is 2.36. The van der Waals surface area contributed by atoms with E-state index in [9.17, 15) is 4.79 Å². The van der Waals surface area contributed by atoms with E-state index in [0.717, 1.165) is 64.0 Å². The Kier molecular flexibility index (Phi) is 5.14. The predicted molar refractivity (Wildman–Crippen MR) is 103 cm³/mol. The zero-order valence-electron chi connectivity index (χ0n) is 15.8. The molecule has 1 spiro atoms. The SMILES string of the molecule is CC1=CC2(CCN(C(=O)c3cccc(CC4CCNC4)c3)CC2)OCC1. The molecule has 4 nitrogen and oxygen atoms in total. The highest BCUT2D eigenvalue weighted by atomic mass is 16.5. The van der Waals surface area contributed by atoms with Crippen LogP contribution in [0.25, 0.3) is 0 Å². The van der Waals surface area contributed by atoms with Gasteiger partial charge in [-0.1, -0.05) is 23.8 Å². The van der Waals surface area contributed by atoms with Gasteiger partial charge >= 0.3 is 0 Å². The molecule has 1 unspecified atom stereocenters. The van der Waals surface area contributed by atoms with E-state index in [-0.39, 0.29) is 11.5 Å². The van der Waals surface area contributed by atoms with Gasteiger partial charge < -0.3 is 15.0 Å². The molecule has 0 saturated carbocycles. The summed E-state index contributed by atoms with van der Waals surface area (Å²) in [4.78, 5) is 15.0. The van der Waals surface area contributed by atoms with E-state index >= 15 is 0 Å². The average molecular weight is 354 g/mol. The second-order valence-electron chi connectivity index (χ2n) is 8.21. The summed E-state index contributed by atoms with van der Waals surface area (Å²) >= 11 is 0. The molecular weight excluding hydrogens is 324 g/mol. The fourth-order valence-electron chi connectivity index (χ4n) is 4.59. The maximum Gasteiger partial charge on any atom is 0.253 e. The summed E-state index contributed by atoms with van der Waals surface area (Å²) in [5.41, 5.74) is 3.41. The monoisotopic (exact) mass is 354 g/mol. The van der Waals surface area contributed by atoms with E-state index in [2.05, 4.69) is 30.4 Å². The molecule has 3 aliphatic heterocycles. The number of hydrogen-bond donors (Lipinski definition) is 1. The first-order valence-corrected chi connectivity index (χ1v) is 10.0. The lowest BCUT2D eigenvalue weighted by atomic mass is 9.86. The van der Waals surface area contributed by atoms with Crippen LogP contribution in [-0.4, -0.2) is 49.2 Å². The summed E-state index contributed by atoms with van der Waals surface area (Å²) in [6.45, 7) is 6.77. The minimum Gasteiger partial charge on any atom is -0.370 e. The minimum absolute atomic E-state index is 0.129. The second kappa shape index (κ2) is 7.53. The lowest BCUT2D eigenvalue weighted by Crippen LogP contribution is -2.48. The minimum atomic E-state index is -0.129. The first-order valence-electron chi connectivity index (χ1n) is 10.0. The number of rotatable bonds is 3. The summed E-state index contributed by atoms with van der Waals surface area (Å²) in [6.07, 6.45) is 7.45. The molecule has 4 heteroatoms. The molecule has 0 radical (unpaired) electrons. The Morgan fingerprint density at radius 3 is 2.92 bits per heavy atom. The fraction of sp³-hybridized carbons (Fsp3) is 0.591. The highest BCUT2D eigenvalue weighted by Crippen LogP contribution is 2.33. The molecule has 3 heterocycles. The van der Waals surface area contributed by atoms with Crippen LogP contribution in [0.5, 0.6) is 0 Å². The van der Waals surface area contributed by atoms with E-state index in [1.54, 1.807) is 0 Å². The Hall–Kier alpha value is -1.65. The van der Waals surface area contributed by atoms with Gasteiger partial charge in [0.1, 0.15) is 0 Å². The lowest BCUT2D eigenvalue weighted by molar-refractivity contribution is -0.0522. The molecule has 1 amide bonds. The van der Waals surface area contributed by atoms with Crippen LogP contribution in [0.2, 0.25) is 0 Å². The van der Waals surface area contributed by atoms with Crippen molar-refractivity contribution in [1.82, 2.24) is 10.2 Å². The maximum atomic E-state index is 13.0. The number of nitrogens with zero attached hydrogens (tertiary/aromatic N) is 1. The maximum absolute atomic E-state index is 13.0. The van der Waals surface area contributed by atoms with Crippen molar-refractivity contribution in [3.8, 4) is 0 Å². The number of benzene rings is 1. The Morgan fingerprint density at radius 1 is 1.35 bits per heavy atom. The molecule has 140 valence electrons. The summed E-state index contributed by atoms with van der Waals surface area (Å²) in [6, 6.07) is 8.26. The molecule has 1 atom stereocenters. The number of piperidine rings is 1. The van der Waals surface area contributed by atoms with Crippen LogP contribution in [0, 0.1) is 5.92 Å². The molecule has 3 aliphatic rings. The van der Waals surface area contributed by atoms with Gasteiger partial charge in [0.15, 0.2) is 0 Å². The van der Waals surface area contributed by atoms with Crippen LogP contribution < -0.4 is 5.32 Å². The Bertz CT molecular complexity index is 683. The van der Waals surface area contributed by atoms with Crippen molar-refractivity contribution in [3.63, 3.8) is 0 Å². The largest absolute Gasteiger partial charge is 0.370 e. The number of carbonyl (C=O) groups excluding carboxylic acids is 1. The van der Waals surface area contributed by atoms with Crippen LogP contribution in [0.4, 0.5) is 0 Å². The van der Waals surface area contributed by atoms with Gasteiger partial charge in [0.05, 0.1) is 12.2 Å². The summed E-state index contributed by atoms with van der Waals surface area (Å²) in [5, 5.41) is 3.42. The highest BCUT2D eigenvalue weighted by molar-refractivity contribution is 5.94. The van der Waals surface area contributed by atoms with Gasteiger partial charge in [-0.15, -0.1) is 0 Å². The number of amides is 1. The van der Waals surface area contributed by atoms with Crippen molar-refractivity contribution in [3.05, 3.63) is 47.0 Å². The number of hydrogen-bond acceptors (Lipinski definition) is 3. The van der Waals surface area contributed by atoms with E-state index < -0.39 is 0 Å². The molecule has 0 aromatic heterocycles. The fourth-order valence-corrected chi connectivity index (χ4v) is 4.59. The van der Waals surface area contributed by atoms with Gasteiger partial charge in [-0.05, 0) is 75.7 Å². The second-order valence-corrected chi connectivity index (χ2v) is 8.21. The predicted octanol–water partition coefficient (Wildman–Crippen LogP) is 3.18. The van der Waals surface area contributed by atoms with Gasteiger partial charge in [0.25, 0.3) is 5.91 Å². The van der Waals surface area contributed by atoms with Crippen molar-refractivity contribution in [2.24, 2.45) is 5.92 Å². The van der Waals surface area contributed by atoms with Gasteiger partial charge in [0, 0.05) is 18.7 Å². The molecule has 26 heavy (non-hydrogen) atoms. The van der Waals surface area contributed by atoms with Crippen molar-refractivity contribution < 1.29 is 9.53 Å². The summed E-state index contributed by atoms with van der Waals surface area (Å²) in [7, 11) is 0. The Morgan fingerprint density at radius 2 is 2.19 bits per heavy atom. The topological polar surface area (TPSA) is 41.6 Å². The van der Waals surface area contributed by atoms with Gasteiger partial charge in [0.2, 0.25) is 0 Å². The molecule has 1 aromatic rings. The van der Waals surface area contributed by atoms with E-state index in [4.69, 9.17) is 4.74 Å². The molecular formula is C22H30N2O2. The molecule has 0 bridgehead atoms. The smallest absolute Gasteiger partial charge is 0.253 e. The normalized spacial score (nSPS) is 25.3. The lowest BCUT2D eigenvalue weighted by Gasteiger charge is -2.42. The van der Waals surface area contributed by atoms with Crippen LogP contribution in [0.15, 0.2) is 35.9 Å².